The average Bonchev–Trinajstić information content (AvgIpc) is 2.75. The molecule has 3 aromatic rings. The van der Waals surface area contributed by atoms with Crippen molar-refractivity contribution < 1.29 is 4.79 Å². The number of aromatic nitrogens is 2. The van der Waals surface area contributed by atoms with E-state index in [0.29, 0.717) is 11.5 Å². The van der Waals surface area contributed by atoms with Crippen LogP contribution in [0.5, 0.6) is 0 Å². The summed E-state index contributed by atoms with van der Waals surface area (Å²) in [5.41, 5.74) is 2.43. The smallest absolute Gasteiger partial charge is 0.248 e. The van der Waals surface area contributed by atoms with Gasteiger partial charge in [0.15, 0.2) is 0 Å². The van der Waals surface area contributed by atoms with E-state index in [2.05, 4.69) is 41.4 Å². The van der Waals surface area contributed by atoms with Gasteiger partial charge in [-0.25, -0.2) is 9.97 Å². The van der Waals surface area contributed by atoms with Crippen LogP contribution in [-0.4, -0.2) is 51.9 Å². The van der Waals surface area contributed by atoms with Gasteiger partial charge in [0.2, 0.25) is 5.91 Å². The van der Waals surface area contributed by atoms with Gasteiger partial charge < -0.3 is 10.6 Å². The Balaban J connectivity index is 1.46. The summed E-state index contributed by atoms with van der Waals surface area (Å²) in [5, 5.41) is 7.09. The number of thioether (sulfide) groups is 1. The normalized spacial score (nSPS) is 14.8. The molecule has 30 heavy (non-hydrogen) atoms. The Morgan fingerprint density at radius 3 is 2.83 bits per heavy atom. The van der Waals surface area contributed by atoms with Crippen LogP contribution in [0.25, 0.3) is 10.9 Å². The molecule has 2 N–H and O–H groups in total. The predicted molar refractivity (Wildman–Crippen MR) is 128 cm³/mol. The Hall–Kier alpha value is -2.42. The van der Waals surface area contributed by atoms with E-state index in [-0.39, 0.29) is 5.91 Å². The zero-order chi connectivity index (χ0) is 20.8. The molecule has 0 saturated carbocycles. The van der Waals surface area contributed by atoms with Gasteiger partial charge in [0.25, 0.3) is 0 Å². The monoisotopic (exact) mass is 483 g/mol. The lowest BCUT2D eigenvalue weighted by atomic mass is 10.2. The summed E-state index contributed by atoms with van der Waals surface area (Å²) >= 11 is 5.46. The number of hydrogen-bond acceptors (Lipinski definition) is 6. The van der Waals surface area contributed by atoms with Crippen LogP contribution in [0.1, 0.15) is 0 Å². The van der Waals surface area contributed by atoms with Crippen molar-refractivity contribution in [3.05, 3.63) is 65.4 Å². The third kappa shape index (κ3) is 5.59. The lowest BCUT2D eigenvalue weighted by molar-refractivity contribution is -0.111. The minimum atomic E-state index is -0.140. The molecule has 1 fully saturated rings. The Bertz CT molecular complexity index is 1070. The molecule has 1 amide bonds. The number of nitrogens with one attached hydrogen (secondary N) is 2. The first-order valence-electron chi connectivity index (χ1n) is 9.72. The highest BCUT2D eigenvalue weighted by atomic mass is 79.9. The maximum atomic E-state index is 12.3. The first-order valence-corrected chi connectivity index (χ1v) is 11.7. The Morgan fingerprint density at radius 1 is 1.13 bits per heavy atom. The minimum absolute atomic E-state index is 0.140. The number of fused-ring (bicyclic) bond motifs is 1. The van der Waals surface area contributed by atoms with Crippen LogP contribution in [0.4, 0.5) is 17.2 Å². The molecule has 0 aliphatic carbocycles. The summed E-state index contributed by atoms with van der Waals surface area (Å²) in [7, 11) is 0. The van der Waals surface area contributed by atoms with E-state index in [4.69, 9.17) is 0 Å². The number of rotatable bonds is 6. The zero-order valence-electron chi connectivity index (χ0n) is 16.3. The van der Waals surface area contributed by atoms with Crippen LogP contribution in [0.3, 0.4) is 0 Å². The molecule has 2 heterocycles. The fraction of sp³-hybridized carbons (Fsp3) is 0.227. The summed E-state index contributed by atoms with van der Waals surface area (Å²) in [6.45, 7) is 2.96. The van der Waals surface area contributed by atoms with Crippen molar-refractivity contribution in [2.75, 3.05) is 41.8 Å². The predicted octanol–water partition coefficient (Wildman–Crippen LogP) is 4.68. The quantitative estimate of drug-likeness (QED) is 0.496. The van der Waals surface area contributed by atoms with E-state index >= 15 is 0 Å². The van der Waals surface area contributed by atoms with Crippen LogP contribution in [0.15, 0.2) is 65.4 Å². The van der Waals surface area contributed by atoms with Gasteiger partial charge >= 0.3 is 0 Å². The second-order valence-corrected chi connectivity index (χ2v) is 9.03. The topological polar surface area (TPSA) is 70.2 Å². The number of nitrogens with zero attached hydrogens (tertiary/aromatic N) is 3. The summed E-state index contributed by atoms with van der Waals surface area (Å²) in [6, 6.07) is 13.5. The van der Waals surface area contributed by atoms with Crippen LogP contribution in [-0.2, 0) is 4.79 Å². The number of benzene rings is 2. The van der Waals surface area contributed by atoms with Crippen molar-refractivity contribution in [2.24, 2.45) is 0 Å². The molecule has 4 rings (SSSR count). The van der Waals surface area contributed by atoms with Gasteiger partial charge in [-0.3, -0.25) is 9.69 Å². The summed E-state index contributed by atoms with van der Waals surface area (Å²) in [4.78, 5) is 23.4. The van der Waals surface area contributed by atoms with E-state index in [1.165, 1.54) is 6.33 Å². The standard InChI is InChI=1S/C22H22BrN5OS/c23-16-3-1-4-17(13-16)27-22-19-14-18(6-7-20(19)24-15-25-22)26-21(29)5-2-8-28-9-11-30-12-10-28/h1-7,13-15H,8-12H2,(H,26,29)(H,24,25,27)/b5-2+. The van der Waals surface area contributed by atoms with Crippen LogP contribution < -0.4 is 10.6 Å². The van der Waals surface area contributed by atoms with Gasteiger partial charge in [-0.2, -0.15) is 11.8 Å². The molecular formula is C22H22BrN5OS. The fourth-order valence-corrected chi connectivity index (χ4v) is 4.59. The number of anilines is 3. The van der Waals surface area contributed by atoms with Crippen LogP contribution in [0.2, 0.25) is 0 Å². The highest BCUT2D eigenvalue weighted by Crippen LogP contribution is 2.27. The van der Waals surface area contributed by atoms with E-state index in [9.17, 15) is 4.79 Å². The van der Waals surface area contributed by atoms with Crippen molar-refractivity contribution in [1.29, 1.82) is 0 Å². The lowest BCUT2D eigenvalue weighted by Gasteiger charge is -2.24. The number of carbonyl (C=O) groups is 1. The van der Waals surface area contributed by atoms with E-state index in [1.807, 2.05) is 60.3 Å². The second kappa shape index (κ2) is 10.1. The Kier molecular flexibility index (Phi) is 6.99. The highest BCUT2D eigenvalue weighted by molar-refractivity contribution is 9.10. The molecule has 0 spiro atoms. The lowest BCUT2D eigenvalue weighted by Crippen LogP contribution is -2.32. The van der Waals surface area contributed by atoms with Gasteiger partial charge in [0, 0.05) is 58.4 Å². The SMILES string of the molecule is O=C(/C=C/CN1CCSCC1)Nc1ccc2ncnc(Nc3cccc(Br)c3)c2c1. The molecular weight excluding hydrogens is 462 g/mol. The summed E-state index contributed by atoms with van der Waals surface area (Å²) in [6.07, 6.45) is 5.06. The first kappa shape index (κ1) is 20.8. The van der Waals surface area contributed by atoms with Crippen molar-refractivity contribution in [1.82, 2.24) is 14.9 Å². The molecule has 1 aromatic heterocycles. The molecule has 0 atom stereocenters. The number of hydrogen-bond donors (Lipinski definition) is 2. The molecule has 1 aliphatic rings. The molecule has 8 heteroatoms. The van der Waals surface area contributed by atoms with Crippen molar-refractivity contribution in [3.63, 3.8) is 0 Å². The average molecular weight is 484 g/mol. The van der Waals surface area contributed by atoms with Crippen molar-refractivity contribution in [2.45, 2.75) is 0 Å². The first-order chi connectivity index (χ1) is 14.7. The maximum absolute atomic E-state index is 12.3. The third-order valence-corrected chi connectivity index (χ3v) is 6.16. The zero-order valence-corrected chi connectivity index (χ0v) is 18.7. The van der Waals surface area contributed by atoms with Gasteiger partial charge in [0.05, 0.1) is 5.52 Å². The van der Waals surface area contributed by atoms with Crippen molar-refractivity contribution in [3.8, 4) is 0 Å². The molecule has 1 saturated heterocycles. The molecule has 2 aromatic carbocycles. The van der Waals surface area contributed by atoms with E-state index in [1.54, 1.807) is 6.08 Å². The fourth-order valence-electron chi connectivity index (χ4n) is 3.21. The molecule has 1 aliphatic heterocycles. The summed E-state index contributed by atoms with van der Waals surface area (Å²) in [5.74, 6) is 2.87. The third-order valence-electron chi connectivity index (χ3n) is 4.73. The molecule has 0 radical (unpaired) electrons. The van der Waals surface area contributed by atoms with E-state index in [0.717, 1.165) is 52.2 Å². The number of amides is 1. The van der Waals surface area contributed by atoms with Crippen LogP contribution >= 0.6 is 27.7 Å². The Labute approximate surface area is 188 Å². The largest absolute Gasteiger partial charge is 0.340 e. The minimum Gasteiger partial charge on any atom is -0.340 e. The van der Waals surface area contributed by atoms with E-state index < -0.39 is 0 Å². The molecule has 6 nitrogen and oxygen atoms in total. The van der Waals surface area contributed by atoms with Gasteiger partial charge in [-0.05, 0) is 36.4 Å². The van der Waals surface area contributed by atoms with Gasteiger partial charge in [0.1, 0.15) is 12.1 Å². The highest BCUT2D eigenvalue weighted by Gasteiger charge is 2.09. The number of halogens is 1. The summed E-state index contributed by atoms with van der Waals surface area (Å²) < 4.78 is 0.980. The molecule has 154 valence electrons. The van der Waals surface area contributed by atoms with Crippen LogP contribution in [0, 0.1) is 0 Å². The Morgan fingerprint density at radius 2 is 2.00 bits per heavy atom. The van der Waals surface area contributed by atoms with Gasteiger partial charge in [-0.1, -0.05) is 28.1 Å². The van der Waals surface area contributed by atoms with Gasteiger partial charge in [-0.15, -0.1) is 0 Å². The maximum Gasteiger partial charge on any atom is 0.248 e. The molecule has 0 bridgehead atoms. The van der Waals surface area contributed by atoms with Crippen molar-refractivity contribution >= 4 is 61.7 Å². The molecule has 0 unspecified atom stereocenters. The number of carbonyl (C=O) groups excluding carboxylic acids is 1. The second-order valence-electron chi connectivity index (χ2n) is 6.89.